The Morgan fingerprint density at radius 1 is 1.42 bits per heavy atom. The van der Waals surface area contributed by atoms with Gasteiger partial charge < -0.3 is 9.63 Å². The summed E-state index contributed by atoms with van der Waals surface area (Å²) in [6.45, 7) is 0.160. The Labute approximate surface area is 145 Å². The summed E-state index contributed by atoms with van der Waals surface area (Å²) in [5.74, 6) is -0.720. The van der Waals surface area contributed by atoms with Gasteiger partial charge in [-0.25, -0.2) is 0 Å². The predicted molar refractivity (Wildman–Crippen MR) is 82.5 cm³/mol. The van der Waals surface area contributed by atoms with Gasteiger partial charge in [-0.05, 0) is 24.5 Å². The summed E-state index contributed by atoms with van der Waals surface area (Å²) in [5.41, 5.74) is -0.891. The maximum atomic E-state index is 12.7. The molecule has 3 heterocycles. The summed E-state index contributed by atoms with van der Waals surface area (Å²) in [5, 5.41) is 11.3. The molecule has 10 heteroatoms. The molecule has 0 bridgehead atoms. The molecule has 0 amide bonds. The fourth-order valence-electron chi connectivity index (χ4n) is 3.25. The van der Waals surface area contributed by atoms with E-state index in [-0.39, 0.29) is 18.0 Å². The maximum Gasteiger partial charge on any atom is 0.433 e. The molecule has 1 aliphatic rings. The topological polar surface area (TPSA) is 99.4 Å². The van der Waals surface area contributed by atoms with E-state index >= 15 is 0 Å². The van der Waals surface area contributed by atoms with Gasteiger partial charge in [-0.15, -0.1) is 0 Å². The monoisotopic (exact) mass is 371 g/mol. The van der Waals surface area contributed by atoms with Crippen molar-refractivity contribution in [2.45, 2.75) is 31.0 Å². The summed E-state index contributed by atoms with van der Waals surface area (Å²) in [6.07, 6.45) is -2.44. The van der Waals surface area contributed by atoms with Crippen molar-refractivity contribution in [3.8, 4) is 0 Å². The van der Waals surface area contributed by atoms with Crippen LogP contribution in [-0.4, -0.2) is 39.2 Å². The van der Waals surface area contributed by atoms with Gasteiger partial charge in [0.15, 0.2) is 0 Å². The van der Waals surface area contributed by atoms with E-state index < -0.39 is 23.9 Å². The van der Waals surface area contributed by atoms with Crippen molar-refractivity contribution >= 4 is 5.97 Å². The SMILES string of the molecule is O=C(O)CN1CCC(c2cc(=O)[nH]o2)CC1c1ccc(C(F)(F)F)nc1. The quantitative estimate of drug-likeness (QED) is 0.856. The number of nitrogens with one attached hydrogen (secondary N) is 1. The van der Waals surface area contributed by atoms with E-state index in [0.29, 0.717) is 30.7 Å². The van der Waals surface area contributed by atoms with Crippen LogP contribution >= 0.6 is 0 Å². The Bertz CT molecular complexity index is 828. The van der Waals surface area contributed by atoms with Gasteiger partial charge in [0.05, 0.1) is 6.54 Å². The van der Waals surface area contributed by atoms with Gasteiger partial charge in [-0.1, -0.05) is 6.07 Å². The highest BCUT2D eigenvalue weighted by molar-refractivity contribution is 5.69. The minimum atomic E-state index is -4.54. The number of hydrogen-bond donors (Lipinski definition) is 2. The van der Waals surface area contributed by atoms with Gasteiger partial charge in [-0.3, -0.25) is 19.5 Å². The zero-order valence-electron chi connectivity index (χ0n) is 13.5. The van der Waals surface area contributed by atoms with Gasteiger partial charge >= 0.3 is 12.1 Å². The number of aromatic amines is 1. The number of H-pyrrole nitrogens is 1. The minimum absolute atomic E-state index is 0.147. The second-order valence-corrected chi connectivity index (χ2v) is 6.19. The van der Waals surface area contributed by atoms with Crippen LogP contribution < -0.4 is 5.56 Å². The lowest BCUT2D eigenvalue weighted by atomic mass is 9.86. The van der Waals surface area contributed by atoms with Crippen molar-refractivity contribution in [2.75, 3.05) is 13.1 Å². The number of aliphatic carboxylic acids is 1. The van der Waals surface area contributed by atoms with Crippen LogP contribution in [0.1, 0.15) is 41.8 Å². The summed E-state index contributed by atoms with van der Waals surface area (Å²) in [6, 6.07) is 3.08. The van der Waals surface area contributed by atoms with E-state index in [1.807, 2.05) is 0 Å². The average molecular weight is 371 g/mol. The van der Waals surface area contributed by atoms with Crippen LogP contribution in [0.5, 0.6) is 0 Å². The molecular formula is C16H16F3N3O4. The number of carboxylic acids is 1. The van der Waals surface area contributed by atoms with E-state index in [4.69, 9.17) is 9.63 Å². The summed E-state index contributed by atoms with van der Waals surface area (Å²) in [4.78, 5) is 27.5. The Kier molecular flexibility index (Phi) is 4.86. The fraction of sp³-hybridized carbons (Fsp3) is 0.438. The van der Waals surface area contributed by atoms with E-state index in [9.17, 15) is 22.8 Å². The normalized spacial score (nSPS) is 21.7. The average Bonchev–Trinajstić information content (AvgIpc) is 3.00. The smallest absolute Gasteiger partial charge is 0.433 e. The highest BCUT2D eigenvalue weighted by Crippen LogP contribution is 2.39. The van der Waals surface area contributed by atoms with Crippen LogP contribution in [0.4, 0.5) is 13.2 Å². The zero-order chi connectivity index (χ0) is 18.9. The molecule has 1 aliphatic heterocycles. The molecule has 0 radical (unpaired) electrons. The number of carboxylic acid groups (broad SMARTS) is 1. The first-order chi connectivity index (χ1) is 12.2. The molecule has 140 valence electrons. The van der Waals surface area contributed by atoms with E-state index in [0.717, 1.165) is 12.3 Å². The number of carbonyl (C=O) groups is 1. The highest BCUT2D eigenvalue weighted by Gasteiger charge is 2.35. The molecule has 0 aliphatic carbocycles. The van der Waals surface area contributed by atoms with Crippen LogP contribution in [-0.2, 0) is 11.0 Å². The van der Waals surface area contributed by atoms with Gasteiger partial charge in [0, 0.05) is 30.8 Å². The summed E-state index contributed by atoms with van der Waals surface area (Å²) in [7, 11) is 0. The number of nitrogens with zero attached hydrogens (tertiary/aromatic N) is 2. The van der Waals surface area contributed by atoms with Gasteiger partial charge in [0.25, 0.3) is 5.56 Å². The van der Waals surface area contributed by atoms with Gasteiger partial charge in [0.2, 0.25) is 0 Å². The molecule has 2 aromatic rings. The number of halogens is 3. The van der Waals surface area contributed by atoms with E-state index in [2.05, 4.69) is 10.1 Å². The third-order valence-electron chi connectivity index (χ3n) is 4.46. The molecule has 1 saturated heterocycles. The molecule has 2 atom stereocenters. The number of rotatable bonds is 4. The molecule has 3 rings (SSSR count). The van der Waals surface area contributed by atoms with Crippen molar-refractivity contribution in [1.29, 1.82) is 0 Å². The largest absolute Gasteiger partial charge is 0.480 e. The molecular weight excluding hydrogens is 355 g/mol. The lowest BCUT2D eigenvalue weighted by Gasteiger charge is -2.38. The van der Waals surface area contributed by atoms with Crippen LogP contribution in [0.2, 0.25) is 0 Å². The summed E-state index contributed by atoms with van der Waals surface area (Å²) < 4.78 is 43.2. The van der Waals surface area contributed by atoms with Crippen molar-refractivity contribution < 1.29 is 27.6 Å². The van der Waals surface area contributed by atoms with Crippen molar-refractivity contribution in [2.24, 2.45) is 0 Å². The number of hydrogen-bond acceptors (Lipinski definition) is 5. The second-order valence-electron chi connectivity index (χ2n) is 6.19. The fourth-order valence-corrected chi connectivity index (χ4v) is 3.25. The first kappa shape index (κ1) is 18.2. The lowest BCUT2D eigenvalue weighted by molar-refractivity contribution is -0.141. The number of aromatic nitrogens is 2. The van der Waals surface area contributed by atoms with Crippen LogP contribution in [0, 0.1) is 0 Å². The van der Waals surface area contributed by atoms with Crippen LogP contribution in [0.25, 0.3) is 0 Å². The number of piperidine rings is 1. The highest BCUT2D eigenvalue weighted by atomic mass is 19.4. The predicted octanol–water partition coefficient (Wildman–Crippen LogP) is 2.39. The molecule has 0 spiro atoms. The number of likely N-dealkylation sites (tertiary alicyclic amines) is 1. The van der Waals surface area contributed by atoms with Gasteiger partial charge in [-0.2, -0.15) is 18.3 Å². The summed E-state index contributed by atoms with van der Waals surface area (Å²) >= 11 is 0. The molecule has 26 heavy (non-hydrogen) atoms. The Morgan fingerprint density at radius 2 is 2.19 bits per heavy atom. The second kappa shape index (κ2) is 6.94. The Balaban J connectivity index is 1.87. The van der Waals surface area contributed by atoms with Crippen LogP contribution in [0.15, 0.2) is 33.7 Å². The number of alkyl halides is 3. The van der Waals surface area contributed by atoms with Gasteiger partial charge in [0.1, 0.15) is 11.5 Å². The third kappa shape index (κ3) is 3.96. The molecule has 2 N–H and O–H groups in total. The minimum Gasteiger partial charge on any atom is -0.480 e. The molecule has 1 fully saturated rings. The Morgan fingerprint density at radius 3 is 2.73 bits per heavy atom. The lowest BCUT2D eigenvalue weighted by Crippen LogP contribution is -2.39. The molecule has 0 saturated carbocycles. The first-order valence-electron chi connectivity index (χ1n) is 7.91. The maximum absolute atomic E-state index is 12.7. The third-order valence-corrected chi connectivity index (χ3v) is 4.46. The van der Waals surface area contributed by atoms with E-state index in [1.165, 1.54) is 12.1 Å². The van der Waals surface area contributed by atoms with Crippen LogP contribution in [0.3, 0.4) is 0 Å². The molecule has 2 unspecified atom stereocenters. The van der Waals surface area contributed by atoms with Crippen molar-refractivity contribution in [1.82, 2.24) is 15.0 Å². The Hall–Kier alpha value is -2.62. The first-order valence-corrected chi connectivity index (χ1v) is 7.91. The molecule has 7 nitrogen and oxygen atoms in total. The van der Waals surface area contributed by atoms with Crippen molar-refractivity contribution in [3.63, 3.8) is 0 Å². The van der Waals surface area contributed by atoms with Crippen molar-refractivity contribution in [3.05, 3.63) is 51.8 Å². The molecule has 2 aromatic heterocycles. The zero-order valence-corrected chi connectivity index (χ0v) is 13.5. The number of pyridine rings is 1. The van der Waals surface area contributed by atoms with E-state index in [1.54, 1.807) is 4.90 Å². The standard InChI is InChI=1S/C16H16F3N3O4/c17-16(18,19)13-2-1-10(7-20-13)11-5-9(12-6-14(23)21-26-12)3-4-22(11)8-15(24)25/h1-2,6-7,9,11H,3-5,8H2,(H,21,23)(H,24,25). The molecule has 0 aromatic carbocycles.